The van der Waals surface area contributed by atoms with Gasteiger partial charge in [-0.3, -0.25) is 10.1 Å². The summed E-state index contributed by atoms with van der Waals surface area (Å²) in [6.45, 7) is 2.65. The Balaban J connectivity index is 2.06. The van der Waals surface area contributed by atoms with E-state index in [9.17, 15) is 4.79 Å². The quantitative estimate of drug-likeness (QED) is 0.865. The lowest BCUT2D eigenvalue weighted by atomic mass is 9.77. The lowest BCUT2D eigenvalue weighted by molar-refractivity contribution is -0.150. The van der Waals surface area contributed by atoms with Gasteiger partial charge in [-0.1, -0.05) is 23.0 Å². The number of ether oxygens (including phenoxy) is 1. The second kappa shape index (κ2) is 6.15. The fraction of sp³-hybridized carbons (Fsp3) is 0.750. The molecule has 1 aromatic rings. The highest BCUT2D eigenvalue weighted by atomic mass is 35.5. The fourth-order valence-corrected chi connectivity index (χ4v) is 3.09. The molecule has 0 aromatic carbocycles. The molecule has 0 aliphatic heterocycles. The summed E-state index contributed by atoms with van der Waals surface area (Å²) >= 11 is 7.13. The summed E-state index contributed by atoms with van der Waals surface area (Å²) in [6, 6.07) is 0. The smallest absolute Gasteiger partial charge is 0.326 e. The highest BCUT2D eigenvalue weighted by Gasteiger charge is 2.41. The number of carbonyl (C=O) groups is 1. The lowest BCUT2D eigenvalue weighted by Gasteiger charge is -2.37. The van der Waals surface area contributed by atoms with Crippen molar-refractivity contribution < 1.29 is 9.53 Å². The van der Waals surface area contributed by atoms with Crippen LogP contribution in [0.4, 0.5) is 0 Å². The maximum atomic E-state index is 12.1. The Morgan fingerprint density at radius 1 is 1.58 bits per heavy atom. The molecule has 1 heterocycles. The van der Waals surface area contributed by atoms with Crippen LogP contribution in [0.2, 0.25) is 4.34 Å². The van der Waals surface area contributed by atoms with Crippen LogP contribution >= 0.6 is 23.1 Å². The predicted octanol–water partition coefficient (Wildman–Crippen LogP) is 2.40. The van der Waals surface area contributed by atoms with E-state index in [4.69, 9.17) is 16.3 Å². The Labute approximate surface area is 121 Å². The molecule has 1 saturated carbocycles. The molecule has 1 N–H and O–H groups in total. The average molecular weight is 304 g/mol. The van der Waals surface area contributed by atoms with Crippen LogP contribution in [0.25, 0.3) is 0 Å². The first-order valence-corrected chi connectivity index (χ1v) is 7.53. The molecule has 1 aromatic heterocycles. The molecule has 106 valence electrons. The number of aromatic nitrogens is 2. The van der Waals surface area contributed by atoms with Crippen LogP contribution in [0.3, 0.4) is 0 Å². The summed E-state index contributed by atoms with van der Waals surface area (Å²) in [5, 5.41) is 7.25. The van der Waals surface area contributed by atoms with Crippen LogP contribution in [0.1, 0.15) is 38.3 Å². The minimum Gasteiger partial charge on any atom is -0.468 e. The first kappa shape index (κ1) is 14.7. The summed E-state index contributed by atoms with van der Waals surface area (Å²) in [7, 11) is 1.43. The lowest BCUT2D eigenvalue weighted by Crippen LogP contribution is -2.54. The molecule has 0 spiro atoms. The van der Waals surface area contributed by atoms with Crippen molar-refractivity contribution in [2.45, 2.75) is 44.7 Å². The number of carbonyl (C=O) groups excluding carboxylic acids is 1. The van der Waals surface area contributed by atoms with Crippen molar-refractivity contribution in [3.8, 4) is 0 Å². The number of esters is 1. The molecular weight excluding hydrogens is 286 g/mol. The second-order valence-electron chi connectivity index (χ2n) is 5.10. The highest BCUT2D eigenvalue weighted by molar-refractivity contribution is 7.10. The van der Waals surface area contributed by atoms with Gasteiger partial charge < -0.3 is 4.74 Å². The van der Waals surface area contributed by atoms with E-state index in [1.165, 1.54) is 7.11 Å². The van der Waals surface area contributed by atoms with Crippen molar-refractivity contribution >= 4 is 29.1 Å². The van der Waals surface area contributed by atoms with Gasteiger partial charge >= 0.3 is 5.97 Å². The summed E-state index contributed by atoms with van der Waals surface area (Å²) in [5.41, 5.74) is 0.0855. The topological polar surface area (TPSA) is 64.1 Å². The van der Waals surface area contributed by atoms with E-state index >= 15 is 0 Å². The maximum Gasteiger partial charge on any atom is 0.326 e. The van der Waals surface area contributed by atoms with Gasteiger partial charge in [-0.2, -0.15) is 0 Å². The van der Waals surface area contributed by atoms with Gasteiger partial charge in [-0.05, 0) is 31.6 Å². The molecule has 0 radical (unpaired) electrons. The molecule has 7 heteroatoms. The molecule has 1 aliphatic carbocycles. The van der Waals surface area contributed by atoms with E-state index in [0.717, 1.165) is 37.2 Å². The number of nitrogens with one attached hydrogen (secondary N) is 1. The van der Waals surface area contributed by atoms with E-state index in [1.54, 1.807) is 0 Å². The summed E-state index contributed by atoms with van der Waals surface area (Å²) in [6.07, 6.45) is 3.61. The standard InChI is InChI=1S/C12H18ClN3O2S/c1-8-3-5-12(6-4-8,11(17)18-2)14-7-9-10(13)19-16-15-9/h8,14H,3-7H2,1-2H3. The van der Waals surface area contributed by atoms with Gasteiger partial charge in [0.1, 0.15) is 15.6 Å². The van der Waals surface area contributed by atoms with Crippen molar-refractivity contribution in [1.29, 1.82) is 0 Å². The minimum absolute atomic E-state index is 0.196. The van der Waals surface area contributed by atoms with E-state index < -0.39 is 5.54 Å². The second-order valence-corrected chi connectivity index (χ2v) is 6.46. The third kappa shape index (κ3) is 3.24. The number of rotatable bonds is 4. The van der Waals surface area contributed by atoms with E-state index in [0.29, 0.717) is 22.5 Å². The van der Waals surface area contributed by atoms with Gasteiger partial charge in [0.2, 0.25) is 0 Å². The normalized spacial score (nSPS) is 27.2. The van der Waals surface area contributed by atoms with Crippen LogP contribution in [-0.4, -0.2) is 28.2 Å². The molecule has 19 heavy (non-hydrogen) atoms. The summed E-state index contributed by atoms with van der Waals surface area (Å²) in [5.74, 6) is 0.461. The van der Waals surface area contributed by atoms with Crippen LogP contribution in [0, 0.1) is 5.92 Å². The van der Waals surface area contributed by atoms with E-state index in [-0.39, 0.29) is 5.97 Å². The zero-order chi connectivity index (χ0) is 13.9. The van der Waals surface area contributed by atoms with Gasteiger partial charge in [-0.25, -0.2) is 0 Å². The Morgan fingerprint density at radius 3 is 2.79 bits per heavy atom. The molecule has 0 unspecified atom stereocenters. The summed E-state index contributed by atoms with van der Waals surface area (Å²) in [4.78, 5) is 12.1. The molecule has 1 fully saturated rings. The van der Waals surface area contributed by atoms with Crippen LogP contribution in [-0.2, 0) is 16.1 Å². The molecule has 0 bridgehead atoms. The van der Waals surface area contributed by atoms with Crippen molar-refractivity contribution in [3.05, 3.63) is 10.0 Å². The van der Waals surface area contributed by atoms with Gasteiger partial charge in [0.05, 0.1) is 7.11 Å². The van der Waals surface area contributed by atoms with E-state index in [2.05, 4.69) is 21.8 Å². The molecular formula is C12H18ClN3O2S. The number of halogens is 1. The Bertz CT molecular complexity index is 444. The fourth-order valence-electron chi connectivity index (χ4n) is 2.46. The number of hydrogen-bond acceptors (Lipinski definition) is 6. The van der Waals surface area contributed by atoms with Crippen molar-refractivity contribution in [2.75, 3.05) is 7.11 Å². The molecule has 0 atom stereocenters. The third-order valence-electron chi connectivity index (χ3n) is 3.81. The number of hydrogen-bond donors (Lipinski definition) is 1. The zero-order valence-corrected chi connectivity index (χ0v) is 12.7. The van der Waals surface area contributed by atoms with Gasteiger partial charge in [0.15, 0.2) is 0 Å². The Morgan fingerprint density at radius 2 is 2.26 bits per heavy atom. The SMILES string of the molecule is COC(=O)C1(NCc2nnsc2Cl)CCC(C)CC1. The van der Waals surface area contributed by atoms with Crippen LogP contribution in [0.5, 0.6) is 0 Å². The predicted molar refractivity (Wildman–Crippen MR) is 74.1 cm³/mol. The van der Waals surface area contributed by atoms with Crippen molar-refractivity contribution in [2.24, 2.45) is 5.92 Å². The van der Waals surface area contributed by atoms with E-state index in [1.807, 2.05) is 0 Å². The molecule has 0 saturated heterocycles. The van der Waals surface area contributed by atoms with Crippen molar-refractivity contribution in [3.63, 3.8) is 0 Å². The van der Waals surface area contributed by atoms with Crippen LogP contribution < -0.4 is 5.32 Å². The molecule has 2 rings (SSSR count). The van der Waals surface area contributed by atoms with Gasteiger partial charge in [0, 0.05) is 18.1 Å². The summed E-state index contributed by atoms with van der Waals surface area (Å²) < 4.78 is 9.32. The molecule has 5 nitrogen and oxygen atoms in total. The monoisotopic (exact) mass is 303 g/mol. The first-order chi connectivity index (χ1) is 9.07. The largest absolute Gasteiger partial charge is 0.468 e. The zero-order valence-electron chi connectivity index (χ0n) is 11.1. The highest BCUT2D eigenvalue weighted by Crippen LogP contribution is 2.33. The van der Waals surface area contributed by atoms with Gasteiger partial charge in [0.25, 0.3) is 0 Å². The maximum absolute atomic E-state index is 12.1. The van der Waals surface area contributed by atoms with Crippen LogP contribution in [0.15, 0.2) is 0 Å². The minimum atomic E-state index is -0.603. The number of methoxy groups -OCH3 is 1. The third-order valence-corrected chi connectivity index (χ3v) is 4.79. The van der Waals surface area contributed by atoms with Crippen molar-refractivity contribution in [1.82, 2.24) is 14.9 Å². The molecule has 1 aliphatic rings. The number of nitrogens with zero attached hydrogens (tertiary/aromatic N) is 2. The Kier molecular flexibility index (Phi) is 4.76. The first-order valence-electron chi connectivity index (χ1n) is 6.37. The molecule has 0 amide bonds. The Hall–Kier alpha value is -0.720. The van der Waals surface area contributed by atoms with Gasteiger partial charge in [-0.15, -0.1) is 5.10 Å². The average Bonchev–Trinajstić information content (AvgIpc) is 2.83.